The Hall–Kier alpha value is -1.50. The summed E-state index contributed by atoms with van der Waals surface area (Å²) in [5, 5.41) is 12.9. The predicted octanol–water partition coefficient (Wildman–Crippen LogP) is 1.16. The maximum Gasteiger partial charge on any atom is 0.224 e. The number of amides is 1. The smallest absolute Gasteiger partial charge is 0.224 e. The Labute approximate surface area is 115 Å². The first kappa shape index (κ1) is 13.5. The minimum Gasteiger partial charge on any atom is -0.385 e. The third-order valence-electron chi connectivity index (χ3n) is 3.63. The number of anilines is 1. The summed E-state index contributed by atoms with van der Waals surface area (Å²) in [6.45, 7) is 1.13. The van der Waals surface area contributed by atoms with Crippen LogP contribution in [0.1, 0.15) is 23.7 Å². The molecule has 2 atom stereocenters. The van der Waals surface area contributed by atoms with Crippen LogP contribution < -0.4 is 5.32 Å². The van der Waals surface area contributed by atoms with Crippen molar-refractivity contribution in [2.45, 2.75) is 25.0 Å². The fourth-order valence-electron chi connectivity index (χ4n) is 2.54. The summed E-state index contributed by atoms with van der Waals surface area (Å²) in [5.74, 6) is -0.665. The first-order valence-corrected chi connectivity index (χ1v) is 6.65. The lowest BCUT2D eigenvalue weighted by Crippen LogP contribution is -2.34. The van der Waals surface area contributed by atoms with Crippen molar-refractivity contribution in [2.24, 2.45) is 0 Å². The molecule has 108 valence electrons. The maximum atomic E-state index is 14.1. The summed E-state index contributed by atoms with van der Waals surface area (Å²) >= 11 is 0. The summed E-state index contributed by atoms with van der Waals surface area (Å²) in [4.78, 5) is 11.3. The van der Waals surface area contributed by atoms with Gasteiger partial charge in [-0.1, -0.05) is 0 Å². The molecule has 1 aromatic carbocycles. The van der Waals surface area contributed by atoms with Crippen LogP contribution in [0.5, 0.6) is 0 Å². The fraction of sp³-hybridized carbons (Fsp3) is 0.500. The van der Waals surface area contributed by atoms with Crippen LogP contribution in [-0.2, 0) is 20.7 Å². The van der Waals surface area contributed by atoms with Crippen molar-refractivity contribution in [2.75, 3.05) is 25.1 Å². The van der Waals surface area contributed by atoms with Crippen LogP contribution in [0.2, 0.25) is 0 Å². The third kappa shape index (κ3) is 2.54. The van der Waals surface area contributed by atoms with Crippen molar-refractivity contribution in [1.29, 1.82) is 0 Å². The van der Waals surface area contributed by atoms with E-state index in [2.05, 4.69) is 5.32 Å². The number of aryl methyl sites for hydroxylation is 1. The van der Waals surface area contributed by atoms with Gasteiger partial charge in [-0.2, -0.15) is 0 Å². The van der Waals surface area contributed by atoms with E-state index in [9.17, 15) is 14.3 Å². The van der Waals surface area contributed by atoms with Gasteiger partial charge in [0.2, 0.25) is 5.91 Å². The van der Waals surface area contributed by atoms with Crippen LogP contribution in [0.25, 0.3) is 0 Å². The van der Waals surface area contributed by atoms with Crippen LogP contribution in [0.15, 0.2) is 12.1 Å². The average Bonchev–Trinajstić information content (AvgIpc) is 2.46. The van der Waals surface area contributed by atoms with Crippen LogP contribution in [-0.4, -0.2) is 36.9 Å². The molecule has 2 N–H and O–H groups in total. The monoisotopic (exact) mass is 281 g/mol. The van der Waals surface area contributed by atoms with E-state index in [1.54, 1.807) is 6.07 Å². The minimum atomic E-state index is -1.07. The van der Waals surface area contributed by atoms with Crippen molar-refractivity contribution in [3.63, 3.8) is 0 Å². The zero-order chi connectivity index (χ0) is 14.1. The number of aliphatic hydroxyl groups excluding tert-OH is 1. The van der Waals surface area contributed by atoms with Crippen LogP contribution >= 0.6 is 0 Å². The van der Waals surface area contributed by atoms with E-state index in [0.717, 1.165) is 5.56 Å². The highest BCUT2D eigenvalue weighted by atomic mass is 19.1. The topological polar surface area (TPSA) is 67.8 Å². The maximum absolute atomic E-state index is 14.1. The molecule has 20 heavy (non-hydrogen) atoms. The molecule has 0 saturated carbocycles. The Morgan fingerprint density at radius 3 is 2.95 bits per heavy atom. The molecule has 0 spiro atoms. The molecule has 0 aliphatic carbocycles. The van der Waals surface area contributed by atoms with Gasteiger partial charge in [0.25, 0.3) is 0 Å². The Kier molecular flexibility index (Phi) is 3.69. The molecule has 2 heterocycles. The summed E-state index contributed by atoms with van der Waals surface area (Å²) < 4.78 is 24.7. The molecule has 6 heteroatoms. The first-order chi connectivity index (χ1) is 9.65. The molecule has 2 unspecified atom stereocenters. The first-order valence-electron chi connectivity index (χ1n) is 6.65. The normalized spacial score (nSPS) is 23.9. The number of aliphatic hydroxyl groups is 1. The molecular formula is C14H16FNO4. The van der Waals surface area contributed by atoms with Gasteiger partial charge in [0.05, 0.1) is 19.8 Å². The number of halogens is 1. The van der Waals surface area contributed by atoms with Gasteiger partial charge in [0.1, 0.15) is 18.0 Å². The highest BCUT2D eigenvalue weighted by Crippen LogP contribution is 2.31. The van der Waals surface area contributed by atoms with Gasteiger partial charge in [-0.3, -0.25) is 4.79 Å². The van der Waals surface area contributed by atoms with E-state index in [-0.39, 0.29) is 18.1 Å². The number of benzene rings is 1. The van der Waals surface area contributed by atoms with Gasteiger partial charge < -0.3 is 19.9 Å². The number of carbonyl (C=O) groups excluding carboxylic acids is 1. The zero-order valence-corrected chi connectivity index (χ0v) is 10.9. The largest absolute Gasteiger partial charge is 0.385 e. The Bertz CT molecular complexity index is 528. The Morgan fingerprint density at radius 2 is 2.20 bits per heavy atom. The average molecular weight is 281 g/mol. The molecule has 5 nitrogen and oxygen atoms in total. The molecule has 2 aliphatic rings. The predicted molar refractivity (Wildman–Crippen MR) is 68.9 cm³/mol. The van der Waals surface area contributed by atoms with Gasteiger partial charge >= 0.3 is 0 Å². The molecular weight excluding hydrogens is 265 g/mol. The number of carbonyl (C=O) groups is 1. The van der Waals surface area contributed by atoms with Crippen molar-refractivity contribution >= 4 is 11.6 Å². The molecule has 0 radical (unpaired) electrons. The minimum absolute atomic E-state index is 0.116. The lowest BCUT2D eigenvalue weighted by Gasteiger charge is -2.28. The number of nitrogens with one attached hydrogen (secondary N) is 1. The second kappa shape index (κ2) is 5.47. The van der Waals surface area contributed by atoms with Crippen LogP contribution in [0.4, 0.5) is 10.1 Å². The number of fused-ring (bicyclic) bond motifs is 1. The van der Waals surface area contributed by atoms with Gasteiger partial charge in [0, 0.05) is 17.7 Å². The zero-order valence-electron chi connectivity index (χ0n) is 10.9. The summed E-state index contributed by atoms with van der Waals surface area (Å²) in [5.41, 5.74) is 1.50. The number of rotatable bonds is 2. The second-order valence-electron chi connectivity index (χ2n) is 5.01. The van der Waals surface area contributed by atoms with Crippen molar-refractivity contribution in [1.82, 2.24) is 0 Å². The Balaban J connectivity index is 1.87. The van der Waals surface area contributed by atoms with Gasteiger partial charge in [-0.25, -0.2) is 4.39 Å². The van der Waals surface area contributed by atoms with E-state index >= 15 is 0 Å². The lowest BCUT2D eigenvalue weighted by atomic mass is 9.95. The molecule has 2 aliphatic heterocycles. The Morgan fingerprint density at radius 1 is 1.35 bits per heavy atom. The fourth-order valence-corrected chi connectivity index (χ4v) is 2.54. The molecule has 1 fully saturated rings. The number of hydrogen-bond acceptors (Lipinski definition) is 4. The molecule has 0 bridgehead atoms. The van der Waals surface area contributed by atoms with Crippen LogP contribution in [0, 0.1) is 5.82 Å². The molecule has 1 aromatic rings. The number of ether oxygens (including phenoxy) is 2. The van der Waals surface area contributed by atoms with Gasteiger partial charge in [0.15, 0.2) is 0 Å². The molecule has 0 aromatic heterocycles. The summed E-state index contributed by atoms with van der Waals surface area (Å²) in [6.07, 6.45) is -0.715. The van der Waals surface area contributed by atoms with Crippen LogP contribution in [0.3, 0.4) is 0 Å². The standard InChI is InChI=1S/C14H16FNO4/c15-10-6-11-8(1-2-13(17)16-11)5-9(10)14(18)12-7-19-3-4-20-12/h5-6,12,14,18H,1-4,7H2,(H,16,17). The van der Waals surface area contributed by atoms with Gasteiger partial charge in [-0.15, -0.1) is 0 Å². The summed E-state index contributed by atoms with van der Waals surface area (Å²) in [6, 6.07) is 2.86. The molecule has 1 saturated heterocycles. The van der Waals surface area contributed by atoms with E-state index < -0.39 is 18.0 Å². The van der Waals surface area contributed by atoms with Gasteiger partial charge in [-0.05, 0) is 24.1 Å². The van der Waals surface area contributed by atoms with E-state index in [1.807, 2.05) is 0 Å². The lowest BCUT2D eigenvalue weighted by molar-refractivity contribution is -0.134. The highest BCUT2D eigenvalue weighted by Gasteiger charge is 2.28. The second-order valence-corrected chi connectivity index (χ2v) is 5.01. The summed E-state index contributed by atoms with van der Waals surface area (Å²) in [7, 11) is 0. The van der Waals surface area contributed by atoms with E-state index in [1.165, 1.54) is 6.07 Å². The highest BCUT2D eigenvalue weighted by molar-refractivity contribution is 5.93. The van der Waals surface area contributed by atoms with Crippen molar-refractivity contribution in [3.8, 4) is 0 Å². The third-order valence-corrected chi connectivity index (χ3v) is 3.63. The quantitative estimate of drug-likeness (QED) is 0.853. The van der Waals surface area contributed by atoms with E-state index in [4.69, 9.17) is 9.47 Å². The molecule has 3 rings (SSSR count). The molecule has 1 amide bonds. The van der Waals surface area contributed by atoms with Crippen molar-refractivity contribution in [3.05, 3.63) is 29.1 Å². The van der Waals surface area contributed by atoms with E-state index in [0.29, 0.717) is 31.7 Å². The number of hydrogen-bond donors (Lipinski definition) is 2. The SMILES string of the molecule is O=C1CCc2cc(C(O)C3COCCO3)c(F)cc2N1. The van der Waals surface area contributed by atoms with Crippen molar-refractivity contribution < 1.29 is 23.8 Å².